The molecule has 1 heterocycles. The monoisotopic (exact) mass is 434 g/mol. The van der Waals surface area contributed by atoms with Crippen LogP contribution >= 0.6 is 0 Å². The van der Waals surface area contributed by atoms with Gasteiger partial charge in [0.05, 0.1) is 18.6 Å². The second kappa shape index (κ2) is 9.35. The molecule has 0 bridgehead atoms. The summed E-state index contributed by atoms with van der Waals surface area (Å²) in [5.41, 5.74) is 2.21. The van der Waals surface area contributed by atoms with Crippen LogP contribution in [0.2, 0.25) is 0 Å². The quantitative estimate of drug-likeness (QED) is 0.695. The first kappa shape index (κ1) is 22.4. The summed E-state index contributed by atoms with van der Waals surface area (Å²) in [7, 11) is 1.67. The normalized spacial score (nSPS) is 19.3. The summed E-state index contributed by atoms with van der Waals surface area (Å²) >= 11 is 0. The fourth-order valence-corrected chi connectivity index (χ4v) is 5.63. The van der Waals surface area contributed by atoms with Gasteiger partial charge in [-0.15, -0.1) is 0 Å². The Morgan fingerprint density at radius 3 is 2.53 bits per heavy atom. The molecular weight excluding hydrogens is 400 g/mol. The van der Waals surface area contributed by atoms with E-state index >= 15 is 0 Å². The molecule has 2 amide bonds. The molecule has 1 N–H and O–H groups in total. The number of para-hydroxylation sites is 1. The molecule has 0 radical (unpaired) electrons. The van der Waals surface area contributed by atoms with Gasteiger partial charge in [0.2, 0.25) is 5.91 Å². The number of carbonyl (C=O) groups is 2. The highest BCUT2D eigenvalue weighted by Crippen LogP contribution is 2.50. The highest BCUT2D eigenvalue weighted by Gasteiger charge is 2.55. The molecule has 1 unspecified atom stereocenters. The maximum Gasteiger partial charge on any atom is 0.254 e. The van der Waals surface area contributed by atoms with Crippen LogP contribution in [0.1, 0.15) is 66.9 Å². The van der Waals surface area contributed by atoms with Gasteiger partial charge in [0.1, 0.15) is 5.75 Å². The van der Waals surface area contributed by atoms with Crippen molar-refractivity contribution in [2.24, 2.45) is 5.92 Å². The van der Waals surface area contributed by atoms with Gasteiger partial charge in [0, 0.05) is 18.7 Å². The van der Waals surface area contributed by atoms with Crippen LogP contribution in [0.15, 0.2) is 48.5 Å². The molecule has 5 heteroatoms. The van der Waals surface area contributed by atoms with Gasteiger partial charge in [-0.2, -0.15) is 0 Å². The Bertz CT molecular complexity index is 978. The van der Waals surface area contributed by atoms with Crippen LogP contribution in [0.4, 0.5) is 0 Å². The van der Waals surface area contributed by atoms with Gasteiger partial charge in [-0.1, -0.05) is 63.1 Å². The average molecular weight is 435 g/mol. The van der Waals surface area contributed by atoms with Crippen LogP contribution in [-0.4, -0.2) is 42.5 Å². The molecule has 170 valence electrons. The Balaban J connectivity index is 1.63. The summed E-state index contributed by atoms with van der Waals surface area (Å²) in [5.74, 6) is 0.946. The molecule has 2 aromatic carbocycles. The molecule has 32 heavy (non-hydrogen) atoms. The van der Waals surface area contributed by atoms with E-state index in [1.54, 1.807) is 7.11 Å². The van der Waals surface area contributed by atoms with E-state index in [1.165, 1.54) is 0 Å². The number of hydrogen-bond acceptors (Lipinski definition) is 3. The van der Waals surface area contributed by atoms with Crippen LogP contribution in [-0.2, 0) is 11.2 Å². The van der Waals surface area contributed by atoms with Crippen LogP contribution in [0.25, 0.3) is 0 Å². The zero-order valence-electron chi connectivity index (χ0n) is 19.4. The number of nitrogens with one attached hydrogen (secondary N) is 1. The third-order valence-electron chi connectivity index (χ3n) is 6.99. The number of benzene rings is 2. The van der Waals surface area contributed by atoms with E-state index in [2.05, 4.69) is 19.2 Å². The van der Waals surface area contributed by atoms with Gasteiger partial charge in [-0.3, -0.25) is 9.59 Å². The fraction of sp³-hybridized carbons (Fsp3) is 0.481. The van der Waals surface area contributed by atoms with Crippen LogP contribution in [0.3, 0.4) is 0 Å². The first-order valence-corrected chi connectivity index (χ1v) is 11.8. The van der Waals surface area contributed by atoms with Crippen LogP contribution < -0.4 is 10.1 Å². The topological polar surface area (TPSA) is 58.6 Å². The molecule has 1 aliphatic carbocycles. The SMILES string of the molecule is COc1ccccc1CCNC(=O)C1c2ccccc2C(=O)N(CC(C)C)C12CCCC2. The van der Waals surface area contributed by atoms with Crippen LogP contribution in [0, 0.1) is 5.92 Å². The molecule has 0 saturated heterocycles. The summed E-state index contributed by atoms with van der Waals surface area (Å²) in [5, 5.41) is 3.20. The summed E-state index contributed by atoms with van der Waals surface area (Å²) in [6.07, 6.45) is 4.56. The van der Waals surface area contributed by atoms with Crippen molar-refractivity contribution >= 4 is 11.8 Å². The molecule has 4 rings (SSSR count). The molecule has 2 aliphatic rings. The first-order chi connectivity index (χ1) is 15.5. The lowest BCUT2D eigenvalue weighted by molar-refractivity contribution is -0.126. The van der Waals surface area contributed by atoms with Crippen molar-refractivity contribution in [1.29, 1.82) is 0 Å². The van der Waals surface area contributed by atoms with Crippen molar-refractivity contribution < 1.29 is 14.3 Å². The first-order valence-electron chi connectivity index (χ1n) is 11.8. The lowest BCUT2D eigenvalue weighted by Crippen LogP contribution is -2.61. The van der Waals surface area contributed by atoms with E-state index in [9.17, 15) is 9.59 Å². The van der Waals surface area contributed by atoms with Crippen molar-refractivity contribution in [2.45, 2.75) is 57.4 Å². The second-order valence-corrected chi connectivity index (χ2v) is 9.49. The maximum absolute atomic E-state index is 13.7. The number of rotatable bonds is 7. The van der Waals surface area contributed by atoms with Gasteiger partial charge in [-0.25, -0.2) is 0 Å². The third-order valence-corrected chi connectivity index (χ3v) is 6.99. The molecule has 0 aromatic heterocycles. The molecule has 1 fully saturated rings. The Morgan fingerprint density at radius 1 is 1.12 bits per heavy atom. The highest BCUT2D eigenvalue weighted by molar-refractivity contribution is 6.02. The number of fused-ring (bicyclic) bond motifs is 1. The standard InChI is InChI=1S/C27H34N2O3/c1-19(2)18-29-26(31)22-12-6-5-11-21(22)24(27(29)15-8-9-16-27)25(30)28-17-14-20-10-4-7-13-23(20)32-3/h4-7,10-13,19,24H,8-9,14-18H2,1-3H3,(H,28,30). The van der Waals surface area contributed by atoms with Crippen molar-refractivity contribution in [2.75, 3.05) is 20.2 Å². The van der Waals surface area contributed by atoms with Gasteiger partial charge < -0.3 is 15.0 Å². The van der Waals surface area contributed by atoms with Gasteiger partial charge in [0.15, 0.2) is 0 Å². The second-order valence-electron chi connectivity index (χ2n) is 9.49. The summed E-state index contributed by atoms with van der Waals surface area (Å²) in [6, 6.07) is 15.6. The molecule has 1 saturated carbocycles. The van der Waals surface area contributed by atoms with E-state index in [0.717, 1.165) is 42.6 Å². The van der Waals surface area contributed by atoms with Crippen molar-refractivity contribution in [3.8, 4) is 5.75 Å². The number of carbonyl (C=O) groups excluding carboxylic acids is 2. The van der Waals surface area contributed by atoms with Crippen molar-refractivity contribution in [3.63, 3.8) is 0 Å². The summed E-state index contributed by atoms with van der Waals surface area (Å²) < 4.78 is 5.45. The van der Waals surface area contributed by atoms with Crippen molar-refractivity contribution in [1.82, 2.24) is 10.2 Å². The average Bonchev–Trinajstić information content (AvgIpc) is 3.27. The minimum Gasteiger partial charge on any atom is -0.496 e. The Morgan fingerprint density at radius 2 is 1.81 bits per heavy atom. The minimum absolute atomic E-state index is 0.0236. The molecule has 2 aromatic rings. The molecule has 5 nitrogen and oxygen atoms in total. The lowest BCUT2D eigenvalue weighted by atomic mass is 9.70. The fourth-order valence-electron chi connectivity index (χ4n) is 5.63. The van der Waals surface area contributed by atoms with Gasteiger partial charge in [0.25, 0.3) is 5.91 Å². The van der Waals surface area contributed by atoms with E-state index in [0.29, 0.717) is 31.0 Å². The van der Waals surface area contributed by atoms with Gasteiger partial charge >= 0.3 is 0 Å². The summed E-state index contributed by atoms with van der Waals surface area (Å²) in [4.78, 5) is 29.3. The molecule has 1 atom stereocenters. The Hall–Kier alpha value is -2.82. The number of nitrogens with zero attached hydrogens (tertiary/aromatic N) is 1. The molecule has 1 aliphatic heterocycles. The zero-order valence-corrected chi connectivity index (χ0v) is 19.4. The number of ether oxygens (including phenoxy) is 1. The van der Waals surface area contributed by atoms with Crippen LogP contribution in [0.5, 0.6) is 5.75 Å². The number of methoxy groups -OCH3 is 1. The smallest absolute Gasteiger partial charge is 0.254 e. The zero-order chi connectivity index (χ0) is 22.7. The maximum atomic E-state index is 13.7. The number of amides is 2. The largest absolute Gasteiger partial charge is 0.496 e. The predicted octanol–water partition coefficient (Wildman–Crippen LogP) is 4.56. The van der Waals surface area contributed by atoms with E-state index in [-0.39, 0.29) is 17.7 Å². The number of hydrogen-bond donors (Lipinski definition) is 1. The minimum atomic E-state index is -0.426. The van der Waals surface area contributed by atoms with Gasteiger partial charge in [-0.05, 0) is 48.4 Å². The Labute approximate surface area is 191 Å². The Kier molecular flexibility index (Phi) is 6.54. The molecular formula is C27H34N2O3. The van der Waals surface area contributed by atoms with E-state index in [4.69, 9.17) is 4.74 Å². The van der Waals surface area contributed by atoms with E-state index < -0.39 is 5.54 Å². The van der Waals surface area contributed by atoms with E-state index in [1.807, 2.05) is 53.4 Å². The predicted molar refractivity (Wildman–Crippen MR) is 126 cm³/mol. The summed E-state index contributed by atoms with van der Waals surface area (Å²) in [6.45, 7) is 5.49. The van der Waals surface area contributed by atoms with Crippen molar-refractivity contribution in [3.05, 3.63) is 65.2 Å². The lowest BCUT2D eigenvalue weighted by Gasteiger charge is -2.50. The highest BCUT2D eigenvalue weighted by atomic mass is 16.5. The third kappa shape index (κ3) is 4.01. The molecule has 1 spiro atoms.